The van der Waals surface area contributed by atoms with Crippen molar-refractivity contribution >= 4 is 0 Å². The number of rotatable bonds is 1. The Balaban J connectivity index is 0.000000561. The Morgan fingerprint density at radius 1 is 1.17 bits per heavy atom. The summed E-state index contributed by atoms with van der Waals surface area (Å²) in [6.07, 6.45) is 1.27. The first-order valence-electron chi connectivity index (χ1n) is 5.06. The molecule has 0 aromatic heterocycles. The third-order valence-corrected chi connectivity index (χ3v) is 2.40. The van der Waals surface area contributed by atoms with Crippen LogP contribution in [-0.2, 0) is 0 Å². The molecule has 0 saturated heterocycles. The van der Waals surface area contributed by atoms with Crippen molar-refractivity contribution in [2.45, 2.75) is 54.0 Å². The van der Waals surface area contributed by atoms with Gasteiger partial charge in [-0.25, -0.2) is 0 Å². The maximum Gasteiger partial charge on any atom is 0.0230 e. The maximum absolute atomic E-state index is 2.47. The van der Waals surface area contributed by atoms with Gasteiger partial charge in [0.15, 0.2) is 0 Å². The molecule has 0 fully saturated rings. The largest absolute Gasteiger partial charge is 0.372 e. The van der Waals surface area contributed by atoms with Gasteiger partial charge in [0, 0.05) is 18.3 Å². The highest BCUT2D eigenvalue weighted by Crippen LogP contribution is 2.23. The van der Waals surface area contributed by atoms with Crippen molar-refractivity contribution in [3.8, 4) is 0 Å². The highest BCUT2D eigenvalue weighted by molar-refractivity contribution is 5.15. The summed E-state index contributed by atoms with van der Waals surface area (Å²) in [5, 5.41) is 0. The smallest absolute Gasteiger partial charge is 0.0230 e. The van der Waals surface area contributed by atoms with Crippen LogP contribution >= 0.6 is 0 Å². The number of hydrogen-bond acceptors (Lipinski definition) is 1. The molecule has 1 heterocycles. The average molecular weight is 169 g/mol. The second-order valence-corrected chi connectivity index (χ2v) is 3.40. The summed E-state index contributed by atoms with van der Waals surface area (Å²) in [6.45, 7) is 14.2. The van der Waals surface area contributed by atoms with E-state index in [4.69, 9.17) is 0 Å². The minimum Gasteiger partial charge on any atom is -0.372 e. The molecule has 0 N–H and O–H groups in total. The van der Waals surface area contributed by atoms with Crippen molar-refractivity contribution in [3.63, 3.8) is 0 Å². The number of nitrogens with zero attached hydrogens (tertiary/aromatic N) is 1. The van der Waals surface area contributed by atoms with Crippen LogP contribution in [0.4, 0.5) is 0 Å². The lowest BCUT2D eigenvalue weighted by Gasteiger charge is -2.24. The summed E-state index contributed by atoms with van der Waals surface area (Å²) < 4.78 is 0. The standard InChI is InChI=1S/C9H17N.C2H6/c1-7(2)10-6-5-8(3)9(10)4;1-2/h7H,5-6H2,1-4H3;1-2H3. The predicted molar refractivity (Wildman–Crippen MR) is 56.2 cm³/mol. The second-order valence-electron chi connectivity index (χ2n) is 3.40. The molecule has 1 nitrogen and oxygen atoms in total. The molecule has 0 aromatic carbocycles. The molecule has 0 unspecified atom stereocenters. The Kier molecular flexibility index (Phi) is 5.03. The van der Waals surface area contributed by atoms with Gasteiger partial charge in [-0.3, -0.25) is 0 Å². The van der Waals surface area contributed by atoms with E-state index < -0.39 is 0 Å². The van der Waals surface area contributed by atoms with E-state index in [-0.39, 0.29) is 0 Å². The summed E-state index contributed by atoms with van der Waals surface area (Å²) in [6, 6.07) is 0.678. The zero-order valence-electron chi connectivity index (χ0n) is 9.44. The molecule has 1 heteroatoms. The van der Waals surface area contributed by atoms with E-state index >= 15 is 0 Å². The van der Waals surface area contributed by atoms with Crippen LogP contribution in [0.1, 0.15) is 48.0 Å². The Bertz CT molecular complexity index is 156. The third kappa shape index (κ3) is 2.54. The van der Waals surface area contributed by atoms with Gasteiger partial charge in [0.25, 0.3) is 0 Å². The lowest BCUT2D eigenvalue weighted by molar-refractivity contribution is 0.310. The second kappa shape index (κ2) is 5.23. The van der Waals surface area contributed by atoms with Crippen LogP contribution in [0, 0.1) is 0 Å². The molecule has 72 valence electrons. The maximum atomic E-state index is 2.47. The predicted octanol–water partition coefficient (Wildman–Crippen LogP) is 3.42. The van der Waals surface area contributed by atoms with E-state index in [0.717, 1.165) is 0 Å². The molecule has 0 aromatic rings. The molecule has 0 spiro atoms. The Morgan fingerprint density at radius 2 is 1.67 bits per heavy atom. The first kappa shape index (κ1) is 11.5. The Labute approximate surface area is 77.5 Å². The fraction of sp³-hybridized carbons (Fsp3) is 0.818. The first-order chi connectivity index (χ1) is 5.63. The van der Waals surface area contributed by atoms with Gasteiger partial charge in [-0.1, -0.05) is 19.4 Å². The highest BCUT2D eigenvalue weighted by Gasteiger charge is 2.17. The molecule has 0 radical (unpaired) electrons. The third-order valence-electron chi connectivity index (χ3n) is 2.40. The van der Waals surface area contributed by atoms with Gasteiger partial charge < -0.3 is 4.90 Å². The Hall–Kier alpha value is -0.460. The summed E-state index contributed by atoms with van der Waals surface area (Å²) in [7, 11) is 0. The number of allylic oxidation sites excluding steroid dienone is 1. The summed E-state index contributed by atoms with van der Waals surface area (Å²) >= 11 is 0. The molecule has 0 amide bonds. The van der Waals surface area contributed by atoms with Crippen LogP contribution in [0.5, 0.6) is 0 Å². The zero-order valence-corrected chi connectivity index (χ0v) is 9.44. The summed E-state index contributed by atoms with van der Waals surface area (Å²) in [5.74, 6) is 0. The van der Waals surface area contributed by atoms with Crippen LogP contribution in [0.15, 0.2) is 11.3 Å². The molecule has 0 bridgehead atoms. The van der Waals surface area contributed by atoms with Gasteiger partial charge in [0.1, 0.15) is 0 Å². The van der Waals surface area contributed by atoms with Crippen LogP contribution in [0.3, 0.4) is 0 Å². The minimum absolute atomic E-state index is 0.678. The summed E-state index contributed by atoms with van der Waals surface area (Å²) in [4.78, 5) is 2.47. The fourth-order valence-electron chi connectivity index (χ4n) is 1.53. The van der Waals surface area contributed by atoms with Gasteiger partial charge in [0.05, 0.1) is 0 Å². The molecule has 1 rings (SSSR count). The zero-order chi connectivity index (χ0) is 9.72. The monoisotopic (exact) mass is 169 g/mol. The van der Waals surface area contributed by atoms with E-state index in [1.165, 1.54) is 18.7 Å². The van der Waals surface area contributed by atoms with E-state index in [0.29, 0.717) is 6.04 Å². The van der Waals surface area contributed by atoms with Crippen LogP contribution < -0.4 is 0 Å². The van der Waals surface area contributed by atoms with Gasteiger partial charge in [-0.05, 0) is 34.1 Å². The van der Waals surface area contributed by atoms with Gasteiger partial charge >= 0.3 is 0 Å². The van der Waals surface area contributed by atoms with Crippen molar-refractivity contribution in [1.82, 2.24) is 4.90 Å². The molecular formula is C11H23N. The van der Waals surface area contributed by atoms with E-state index in [1.54, 1.807) is 5.57 Å². The van der Waals surface area contributed by atoms with Crippen molar-refractivity contribution in [2.75, 3.05) is 6.54 Å². The summed E-state index contributed by atoms with van der Waals surface area (Å²) in [5.41, 5.74) is 3.06. The Morgan fingerprint density at radius 3 is 1.83 bits per heavy atom. The van der Waals surface area contributed by atoms with Crippen LogP contribution in [0.25, 0.3) is 0 Å². The average Bonchev–Trinajstić information content (AvgIpc) is 2.37. The van der Waals surface area contributed by atoms with Crippen molar-refractivity contribution in [3.05, 3.63) is 11.3 Å². The van der Waals surface area contributed by atoms with Crippen LogP contribution in [0.2, 0.25) is 0 Å². The van der Waals surface area contributed by atoms with Gasteiger partial charge in [0.2, 0.25) is 0 Å². The molecule has 0 aliphatic carbocycles. The molecule has 1 aliphatic rings. The highest BCUT2D eigenvalue weighted by atomic mass is 15.2. The molecule has 12 heavy (non-hydrogen) atoms. The minimum atomic E-state index is 0.678. The lowest BCUT2D eigenvalue weighted by atomic mass is 10.2. The first-order valence-corrected chi connectivity index (χ1v) is 5.06. The molecular weight excluding hydrogens is 146 g/mol. The van der Waals surface area contributed by atoms with Gasteiger partial charge in [-0.2, -0.15) is 0 Å². The van der Waals surface area contributed by atoms with Crippen molar-refractivity contribution in [2.24, 2.45) is 0 Å². The normalized spacial score (nSPS) is 16.8. The van der Waals surface area contributed by atoms with E-state index in [9.17, 15) is 0 Å². The fourth-order valence-corrected chi connectivity index (χ4v) is 1.53. The van der Waals surface area contributed by atoms with Crippen molar-refractivity contribution in [1.29, 1.82) is 0 Å². The van der Waals surface area contributed by atoms with E-state index in [2.05, 4.69) is 32.6 Å². The quantitative estimate of drug-likeness (QED) is 0.581. The lowest BCUT2D eigenvalue weighted by Crippen LogP contribution is -2.26. The SMILES string of the molecule is CC.CC1=C(C)N(C(C)C)CC1. The van der Waals surface area contributed by atoms with Gasteiger partial charge in [-0.15, -0.1) is 0 Å². The molecule has 1 aliphatic heterocycles. The van der Waals surface area contributed by atoms with E-state index in [1.807, 2.05) is 13.8 Å². The molecule has 0 atom stereocenters. The topological polar surface area (TPSA) is 3.24 Å². The molecule has 0 saturated carbocycles. The number of hydrogen-bond donors (Lipinski definition) is 0. The van der Waals surface area contributed by atoms with Crippen molar-refractivity contribution < 1.29 is 0 Å². The van der Waals surface area contributed by atoms with Crippen LogP contribution in [-0.4, -0.2) is 17.5 Å².